The molecule has 7 nitrogen and oxygen atoms in total. The number of nitrogens with two attached hydrogens (primary N) is 1. The number of furan rings is 1. The van der Waals surface area contributed by atoms with E-state index in [1.54, 1.807) is 24.9 Å². The second-order valence-corrected chi connectivity index (χ2v) is 6.17. The lowest BCUT2D eigenvalue weighted by atomic mass is 9.98. The highest BCUT2D eigenvalue weighted by Gasteiger charge is 2.20. The average Bonchev–Trinajstić information content (AvgIpc) is 3.23. The fraction of sp³-hybridized carbons (Fsp3) is 0.100. The van der Waals surface area contributed by atoms with Gasteiger partial charge in [-0.3, -0.25) is 4.98 Å². The Kier molecular flexibility index (Phi) is 4.25. The Morgan fingerprint density at radius 1 is 0.963 bits per heavy atom. The summed E-state index contributed by atoms with van der Waals surface area (Å²) in [7, 11) is 3.89. The van der Waals surface area contributed by atoms with E-state index < -0.39 is 0 Å². The quantitative estimate of drug-likeness (QED) is 0.596. The summed E-state index contributed by atoms with van der Waals surface area (Å²) in [6, 6.07) is 11.4. The summed E-state index contributed by atoms with van der Waals surface area (Å²) in [6.45, 7) is 0. The van der Waals surface area contributed by atoms with Crippen LogP contribution in [0.1, 0.15) is 0 Å². The van der Waals surface area contributed by atoms with Gasteiger partial charge >= 0.3 is 0 Å². The van der Waals surface area contributed by atoms with E-state index in [1.807, 2.05) is 55.4 Å². The van der Waals surface area contributed by atoms with Gasteiger partial charge in [0.05, 0.1) is 12.0 Å². The van der Waals surface area contributed by atoms with Gasteiger partial charge in [-0.05, 0) is 42.0 Å². The molecular formula is C20H18N6O. The molecule has 7 heteroatoms. The van der Waals surface area contributed by atoms with Crippen LogP contribution in [0.15, 0.2) is 65.7 Å². The third-order valence-corrected chi connectivity index (χ3v) is 4.11. The molecule has 2 N–H and O–H groups in total. The number of hydrogen-bond donors (Lipinski definition) is 1. The Morgan fingerprint density at radius 3 is 2.52 bits per heavy atom. The number of anilines is 2. The Morgan fingerprint density at radius 2 is 1.81 bits per heavy atom. The van der Waals surface area contributed by atoms with Crippen molar-refractivity contribution >= 4 is 11.8 Å². The third-order valence-electron chi connectivity index (χ3n) is 4.11. The molecule has 0 aromatic carbocycles. The van der Waals surface area contributed by atoms with E-state index in [2.05, 4.69) is 19.9 Å². The molecular weight excluding hydrogens is 340 g/mol. The van der Waals surface area contributed by atoms with Gasteiger partial charge in [-0.1, -0.05) is 0 Å². The van der Waals surface area contributed by atoms with Gasteiger partial charge in [-0.2, -0.15) is 0 Å². The Bertz CT molecular complexity index is 1060. The SMILES string of the molecule is CN(C)c1cc(-c2c(-c3cccnc3)nc(N)nc2-c2ccco2)ccn1. The minimum absolute atomic E-state index is 0.172. The summed E-state index contributed by atoms with van der Waals surface area (Å²) < 4.78 is 5.62. The van der Waals surface area contributed by atoms with Gasteiger partial charge in [0.25, 0.3) is 0 Å². The van der Waals surface area contributed by atoms with Crippen LogP contribution in [0.4, 0.5) is 11.8 Å². The smallest absolute Gasteiger partial charge is 0.221 e. The number of rotatable bonds is 4. The number of aromatic nitrogens is 4. The summed E-state index contributed by atoms with van der Waals surface area (Å²) in [5, 5.41) is 0. The summed E-state index contributed by atoms with van der Waals surface area (Å²) in [5.74, 6) is 1.62. The molecule has 0 aliphatic rings. The average molecular weight is 358 g/mol. The first-order valence-electron chi connectivity index (χ1n) is 8.39. The van der Waals surface area contributed by atoms with Crippen LogP contribution in [-0.2, 0) is 0 Å². The van der Waals surface area contributed by atoms with Crippen LogP contribution in [0.5, 0.6) is 0 Å². The fourth-order valence-corrected chi connectivity index (χ4v) is 2.87. The van der Waals surface area contributed by atoms with Crippen molar-refractivity contribution in [3.63, 3.8) is 0 Å². The van der Waals surface area contributed by atoms with Crippen molar-refractivity contribution < 1.29 is 4.42 Å². The maximum absolute atomic E-state index is 6.02. The Balaban J connectivity index is 2.04. The molecule has 0 aliphatic heterocycles. The van der Waals surface area contributed by atoms with Crippen LogP contribution in [0.3, 0.4) is 0 Å². The minimum atomic E-state index is 0.172. The van der Waals surface area contributed by atoms with Crippen LogP contribution in [-0.4, -0.2) is 34.0 Å². The molecule has 0 unspecified atom stereocenters. The van der Waals surface area contributed by atoms with Gasteiger partial charge < -0.3 is 15.1 Å². The molecule has 0 radical (unpaired) electrons. The predicted octanol–water partition coefficient (Wildman–Crippen LogP) is 3.51. The van der Waals surface area contributed by atoms with Gasteiger partial charge in [0.2, 0.25) is 5.95 Å². The maximum Gasteiger partial charge on any atom is 0.221 e. The topological polar surface area (TPSA) is 94.0 Å². The molecule has 0 amide bonds. The third kappa shape index (κ3) is 3.22. The highest BCUT2D eigenvalue weighted by molar-refractivity contribution is 5.90. The van der Waals surface area contributed by atoms with Gasteiger partial charge in [0.1, 0.15) is 11.5 Å². The van der Waals surface area contributed by atoms with E-state index in [1.165, 1.54) is 0 Å². The lowest BCUT2D eigenvalue weighted by Crippen LogP contribution is -2.10. The molecule has 0 bridgehead atoms. The molecule has 0 fully saturated rings. The Hall–Kier alpha value is -3.74. The van der Waals surface area contributed by atoms with E-state index >= 15 is 0 Å². The molecule has 0 aliphatic carbocycles. The second-order valence-electron chi connectivity index (χ2n) is 6.17. The number of nitrogens with zero attached hydrogens (tertiary/aromatic N) is 5. The van der Waals surface area contributed by atoms with Crippen molar-refractivity contribution in [2.45, 2.75) is 0 Å². The lowest BCUT2D eigenvalue weighted by Gasteiger charge is -2.16. The molecule has 0 atom stereocenters. The zero-order valence-corrected chi connectivity index (χ0v) is 15.0. The molecule has 27 heavy (non-hydrogen) atoms. The van der Waals surface area contributed by atoms with Crippen LogP contribution < -0.4 is 10.6 Å². The predicted molar refractivity (Wildman–Crippen MR) is 105 cm³/mol. The summed E-state index contributed by atoms with van der Waals surface area (Å²) in [6.07, 6.45) is 6.85. The second kappa shape index (κ2) is 6.87. The van der Waals surface area contributed by atoms with Gasteiger partial charge in [-0.15, -0.1) is 0 Å². The highest BCUT2D eigenvalue weighted by Crippen LogP contribution is 2.38. The van der Waals surface area contributed by atoms with Crippen LogP contribution in [0, 0.1) is 0 Å². The van der Waals surface area contributed by atoms with E-state index in [4.69, 9.17) is 10.2 Å². The fourth-order valence-electron chi connectivity index (χ4n) is 2.87. The molecule has 4 heterocycles. The summed E-state index contributed by atoms with van der Waals surface area (Å²) in [5.41, 5.74) is 9.92. The van der Waals surface area contributed by atoms with Crippen molar-refractivity contribution in [1.82, 2.24) is 19.9 Å². The normalized spacial score (nSPS) is 10.7. The minimum Gasteiger partial charge on any atom is -0.463 e. The van der Waals surface area contributed by atoms with Crippen molar-refractivity contribution in [3.8, 4) is 33.8 Å². The molecule has 134 valence electrons. The van der Waals surface area contributed by atoms with E-state index in [9.17, 15) is 0 Å². The van der Waals surface area contributed by atoms with Crippen LogP contribution >= 0.6 is 0 Å². The van der Waals surface area contributed by atoms with Crippen LogP contribution in [0.25, 0.3) is 33.8 Å². The standard InChI is InChI=1S/C20H18N6O/c1-26(2)16-11-13(7-9-23-16)17-18(14-5-3-8-22-12-14)24-20(21)25-19(17)15-6-4-10-27-15/h3-12H,1-2H3,(H2,21,24,25). The van der Waals surface area contributed by atoms with Gasteiger partial charge in [-0.25, -0.2) is 15.0 Å². The Labute approximate surface area is 156 Å². The van der Waals surface area contributed by atoms with Crippen molar-refractivity contribution in [3.05, 3.63) is 61.3 Å². The summed E-state index contributed by atoms with van der Waals surface area (Å²) >= 11 is 0. The molecule has 0 saturated carbocycles. The zero-order valence-electron chi connectivity index (χ0n) is 15.0. The molecule has 4 aromatic heterocycles. The largest absolute Gasteiger partial charge is 0.463 e. The first kappa shape index (κ1) is 16.7. The molecule has 4 rings (SSSR count). The van der Waals surface area contributed by atoms with Crippen molar-refractivity contribution in [2.75, 3.05) is 24.7 Å². The maximum atomic E-state index is 6.02. The van der Waals surface area contributed by atoms with Crippen LogP contribution in [0.2, 0.25) is 0 Å². The monoisotopic (exact) mass is 358 g/mol. The number of pyridine rings is 2. The van der Waals surface area contributed by atoms with Crippen molar-refractivity contribution in [1.29, 1.82) is 0 Å². The molecule has 4 aromatic rings. The van der Waals surface area contributed by atoms with Crippen molar-refractivity contribution in [2.24, 2.45) is 0 Å². The first-order valence-corrected chi connectivity index (χ1v) is 8.39. The molecule has 0 spiro atoms. The van der Waals surface area contributed by atoms with E-state index in [0.29, 0.717) is 17.1 Å². The summed E-state index contributed by atoms with van der Waals surface area (Å²) in [4.78, 5) is 19.5. The number of nitrogen functional groups attached to an aromatic ring is 1. The van der Waals surface area contributed by atoms with Gasteiger partial charge in [0.15, 0.2) is 5.76 Å². The lowest BCUT2D eigenvalue weighted by molar-refractivity contribution is 0.580. The number of hydrogen-bond acceptors (Lipinski definition) is 7. The molecule has 0 saturated heterocycles. The van der Waals surface area contributed by atoms with E-state index in [-0.39, 0.29) is 5.95 Å². The van der Waals surface area contributed by atoms with Gasteiger partial charge in [0, 0.05) is 43.8 Å². The zero-order chi connectivity index (χ0) is 18.8. The highest BCUT2D eigenvalue weighted by atomic mass is 16.3. The van der Waals surface area contributed by atoms with E-state index in [0.717, 1.165) is 22.5 Å². The first-order chi connectivity index (χ1) is 13.1.